The van der Waals surface area contributed by atoms with E-state index in [0.29, 0.717) is 83.1 Å². The maximum atomic E-state index is 15.2. The Labute approximate surface area is 500 Å². The van der Waals surface area contributed by atoms with Gasteiger partial charge in [0.15, 0.2) is 0 Å². The van der Waals surface area contributed by atoms with Gasteiger partial charge in [0.1, 0.15) is 23.1 Å². The number of amides is 5. The summed E-state index contributed by atoms with van der Waals surface area (Å²) < 4.78 is 47.6. The molecule has 8 heterocycles. The number of ether oxygens (including phenoxy) is 3. The van der Waals surface area contributed by atoms with Gasteiger partial charge >= 0.3 is 5.97 Å². The maximum absolute atomic E-state index is 15.2. The summed E-state index contributed by atoms with van der Waals surface area (Å²) in [5.41, 5.74) is 8.12. The van der Waals surface area contributed by atoms with E-state index >= 15 is 8.78 Å². The van der Waals surface area contributed by atoms with Crippen LogP contribution in [0.2, 0.25) is 0 Å². The second-order valence-electron chi connectivity index (χ2n) is 22.0. The lowest BCUT2D eigenvalue weighted by molar-refractivity contribution is -0.125. The Morgan fingerprint density at radius 1 is 0.581 bits per heavy atom. The van der Waals surface area contributed by atoms with Crippen LogP contribution in [-0.2, 0) is 14.3 Å². The SMILES string of the molecule is CC(C)(C(=O)Nc1nnc(C(N)=O)s1)[C@H]1c2ccccc2Oc2nc(-c3ccc(C(=O)N4CCCC4)c(F)c3)ccc21.CCOC(=O)c1nnc(NC(=O)C(C)(C)[C@H]2c3ccccc3Oc3nc(-c4ccc(C(=O)N5CCCC5)c(F)c4)ccc32)s1. The lowest BCUT2D eigenvalue weighted by Gasteiger charge is -2.37. The molecule has 8 aromatic rings. The summed E-state index contributed by atoms with van der Waals surface area (Å²) in [5.74, 6) is -3.13. The third-order valence-corrected chi connectivity index (χ3v) is 17.3. The van der Waals surface area contributed by atoms with Gasteiger partial charge in [0.05, 0.1) is 40.0 Å². The number of primary amides is 1. The van der Waals surface area contributed by atoms with E-state index < -0.39 is 46.2 Å². The zero-order chi connectivity index (χ0) is 60.6. The Balaban J connectivity index is 0.000000179. The molecule has 2 fully saturated rings. The quantitative estimate of drug-likeness (QED) is 0.0906. The highest BCUT2D eigenvalue weighted by Gasteiger charge is 2.46. The van der Waals surface area contributed by atoms with Crippen molar-refractivity contribution in [2.75, 3.05) is 43.4 Å². The van der Waals surface area contributed by atoms with Crippen molar-refractivity contribution in [3.63, 3.8) is 0 Å². The molecule has 24 heteroatoms. The topological polar surface area (TPSA) is 264 Å². The number of nitrogens with zero attached hydrogens (tertiary/aromatic N) is 8. The Morgan fingerprint density at radius 3 is 1.41 bits per heavy atom. The van der Waals surface area contributed by atoms with E-state index in [0.717, 1.165) is 59.5 Å². The standard InChI is InChI=1S/C32H30FN5O5S.C30H27FN6O4S/c1-4-42-29(40)27-36-37-31(44-27)35-30(41)32(2,3)25-20-9-5-6-10-24(20)43-26-21(25)13-14-23(34-26)18-11-12-19(22(33)17-18)28(39)38-15-7-8-16-38;1-30(2,28(40)34-29-36-35-26(42-29)24(32)38)23-18-7-3-4-8-22(18)41-25-19(23)11-12-21(33-25)16-9-10-17(20(31)15-16)27(39)37-13-5-6-14-37/h5-6,9-14,17,25H,4,7-8,15-16H2,1-3H3,(H,35,37,41);3-4,7-12,15,23H,5-6,13-14H2,1-2H3,(H2,32,38)(H,34,36,40)/t25-;23-/m00/s1. The van der Waals surface area contributed by atoms with Crippen LogP contribution in [0, 0.1) is 22.5 Å². The average molecular weight is 1200 g/mol. The number of anilines is 2. The number of likely N-dealkylation sites (tertiary alicyclic amines) is 2. The van der Waals surface area contributed by atoms with Crippen LogP contribution in [0.25, 0.3) is 22.5 Å². The smallest absolute Gasteiger partial charge is 0.369 e. The minimum Gasteiger partial charge on any atom is -0.461 e. The Hall–Kier alpha value is -9.42. The van der Waals surface area contributed by atoms with Gasteiger partial charge in [0.25, 0.3) is 17.7 Å². The van der Waals surface area contributed by atoms with Crippen LogP contribution in [0.5, 0.6) is 23.3 Å². The molecule has 86 heavy (non-hydrogen) atoms. The lowest BCUT2D eigenvalue weighted by atomic mass is 9.69. The number of rotatable bonds is 13. The van der Waals surface area contributed by atoms with Gasteiger partial charge in [-0.25, -0.2) is 23.5 Å². The molecular weight excluding hydrogens is 1140 g/mol. The van der Waals surface area contributed by atoms with Crippen molar-refractivity contribution in [1.29, 1.82) is 0 Å². The monoisotopic (exact) mass is 1200 g/mol. The lowest BCUT2D eigenvalue weighted by Crippen LogP contribution is -2.38. The van der Waals surface area contributed by atoms with Crippen LogP contribution in [-0.4, -0.2) is 108 Å². The van der Waals surface area contributed by atoms with Gasteiger partial charge in [-0.2, -0.15) is 0 Å². The summed E-state index contributed by atoms with van der Waals surface area (Å²) in [4.78, 5) is 89.1. The van der Waals surface area contributed by atoms with Crippen molar-refractivity contribution in [1.82, 2.24) is 40.2 Å². The fourth-order valence-corrected chi connectivity index (χ4v) is 12.4. The van der Waals surface area contributed by atoms with Gasteiger partial charge < -0.3 is 40.4 Å². The molecule has 0 spiro atoms. The number of para-hydroxylation sites is 2. The number of hydrogen-bond donors (Lipinski definition) is 3. The van der Waals surface area contributed by atoms with E-state index in [2.05, 4.69) is 31.0 Å². The van der Waals surface area contributed by atoms with Crippen LogP contribution in [0.1, 0.15) is 135 Å². The number of benzene rings is 4. The average Bonchev–Trinajstić information content (AvgIpc) is 1.11. The summed E-state index contributed by atoms with van der Waals surface area (Å²) in [7, 11) is 0. The van der Waals surface area contributed by atoms with Gasteiger partial charge in [0.2, 0.25) is 43.9 Å². The fourth-order valence-electron chi connectivity index (χ4n) is 11.1. The molecule has 0 aliphatic carbocycles. The Kier molecular flexibility index (Phi) is 16.2. The number of nitrogens with one attached hydrogen (secondary N) is 2. The van der Waals surface area contributed by atoms with E-state index in [9.17, 15) is 28.8 Å². The summed E-state index contributed by atoms with van der Waals surface area (Å²) >= 11 is 1.83. The molecular formula is C62H57F2N11O9S2. The van der Waals surface area contributed by atoms with Crippen LogP contribution in [0.4, 0.5) is 19.0 Å². The van der Waals surface area contributed by atoms with Crippen molar-refractivity contribution < 1.29 is 51.8 Å². The fraction of sp³-hybridized carbons (Fsp3) is 0.290. The normalized spacial score (nSPS) is 15.8. The molecule has 0 bridgehead atoms. The predicted molar refractivity (Wildman–Crippen MR) is 315 cm³/mol. The largest absolute Gasteiger partial charge is 0.461 e. The second-order valence-corrected chi connectivity index (χ2v) is 23.9. The number of carbonyl (C=O) groups excluding carboxylic acids is 6. The number of pyridine rings is 2. The van der Waals surface area contributed by atoms with E-state index in [1.165, 1.54) is 24.3 Å². The van der Waals surface area contributed by atoms with Crippen molar-refractivity contribution in [3.8, 4) is 45.8 Å². The molecule has 4 aromatic carbocycles. The van der Waals surface area contributed by atoms with Gasteiger partial charge in [-0.15, -0.1) is 20.4 Å². The first-order valence-corrected chi connectivity index (χ1v) is 29.4. The highest BCUT2D eigenvalue weighted by Crippen LogP contribution is 2.54. The van der Waals surface area contributed by atoms with E-state index in [-0.39, 0.29) is 61.6 Å². The molecule has 5 amide bonds. The van der Waals surface area contributed by atoms with Gasteiger partial charge in [-0.3, -0.25) is 24.0 Å². The number of aromatic nitrogens is 6. The zero-order valence-electron chi connectivity index (χ0n) is 47.3. The van der Waals surface area contributed by atoms with Gasteiger partial charge in [0, 0.05) is 71.4 Å². The van der Waals surface area contributed by atoms with Crippen LogP contribution >= 0.6 is 22.7 Å². The molecule has 2 saturated heterocycles. The predicted octanol–water partition coefficient (Wildman–Crippen LogP) is 11.0. The molecule has 440 valence electrons. The molecule has 4 aromatic heterocycles. The highest BCUT2D eigenvalue weighted by atomic mass is 32.1. The van der Waals surface area contributed by atoms with E-state index in [4.69, 9.17) is 29.9 Å². The molecule has 0 saturated carbocycles. The summed E-state index contributed by atoms with van der Waals surface area (Å²) in [6.45, 7) is 11.7. The zero-order valence-corrected chi connectivity index (χ0v) is 48.9. The van der Waals surface area contributed by atoms with Crippen molar-refractivity contribution in [2.45, 2.75) is 72.1 Å². The summed E-state index contributed by atoms with van der Waals surface area (Å²) in [6.07, 6.45) is 3.69. The number of fused-ring (bicyclic) bond motifs is 4. The first kappa shape index (κ1) is 58.4. The molecule has 4 aliphatic rings. The van der Waals surface area contributed by atoms with Gasteiger partial charge in [-0.05, 0) is 81.1 Å². The first-order valence-electron chi connectivity index (χ1n) is 27.8. The maximum Gasteiger partial charge on any atom is 0.369 e. The van der Waals surface area contributed by atoms with Crippen molar-refractivity contribution in [3.05, 3.63) is 164 Å². The molecule has 0 unspecified atom stereocenters. The Morgan fingerprint density at radius 2 is 1.00 bits per heavy atom. The summed E-state index contributed by atoms with van der Waals surface area (Å²) in [6, 6.07) is 31.0. The molecule has 0 radical (unpaired) electrons. The molecule has 4 aliphatic heterocycles. The second kappa shape index (κ2) is 23.9. The van der Waals surface area contributed by atoms with Crippen LogP contribution < -0.4 is 25.8 Å². The highest BCUT2D eigenvalue weighted by molar-refractivity contribution is 7.17. The van der Waals surface area contributed by atoms with Crippen molar-refractivity contribution >= 4 is 68.4 Å². The third-order valence-electron chi connectivity index (χ3n) is 15.6. The minimum atomic E-state index is -1.04. The van der Waals surface area contributed by atoms with E-state index in [1.807, 2.05) is 68.4 Å². The summed E-state index contributed by atoms with van der Waals surface area (Å²) in [5, 5.41) is 21.3. The number of halogens is 2. The van der Waals surface area contributed by atoms with Gasteiger partial charge in [-0.1, -0.05) is 111 Å². The van der Waals surface area contributed by atoms with Crippen molar-refractivity contribution in [2.24, 2.45) is 16.6 Å². The first-order chi connectivity index (χ1) is 41.3. The third kappa shape index (κ3) is 11.5. The number of carbonyl (C=O) groups is 6. The van der Waals surface area contributed by atoms with Crippen LogP contribution in [0.15, 0.2) is 109 Å². The molecule has 20 nitrogen and oxygen atoms in total. The Bertz CT molecular complexity index is 4010. The number of nitrogens with two attached hydrogens (primary N) is 1. The molecule has 4 N–H and O–H groups in total. The molecule has 2 atom stereocenters. The van der Waals surface area contributed by atoms with E-state index in [1.54, 1.807) is 60.9 Å². The number of esters is 1. The molecule has 12 rings (SSSR count). The minimum absolute atomic E-state index is 0.00789. The number of hydrogen-bond acceptors (Lipinski definition) is 17. The van der Waals surface area contributed by atoms with Crippen LogP contribution in [0.3, 0.4) is 0 Å².